The minimum absolute atomic E-state index is 0. The molecule has 9 heteroatoms. The van der Waals surface area contributed by atoms with E-state index in [-0.39, 0.29) is 18.3 Å². The molecule has 2 fully saturated rings. The van der Waals surface area contributed by atoms with Gasteiger partial charge in [0.25, 0.3) is 5.22 Å². The van der Waals surface area contributed by atoms with Crippen molar-refractivity contribution in [3.8, 4) is 11.5 Å². The highest BCUT2D eigenvalue weighted by Crippen LogP contribution is 2.36. The summed E-state index contributed by atoms with van der Waals surface area (Å²) in [6.45, 7) is 3.94. The van der Waals surface area contributed by atoms with Crippen LogP contribution in [0.2, 0.25) is 0 Å². The summed E-state index contributed by atoms with van der Waals surface area (Å²) >= 11 is 1.43. The third-order valence-corrected chi connectivity index (χ3v) is 6.05. The Morgan fingerprint density at radius 3 is 2.93 bits per heavy atom. The number of piperidine rings is 1. The zero-order valence-corrected chi connectivity index (χ0v) is 16.7. The van der Waals surface area contributed by atoms with Gasteiger partial charge in [0.15, 0.2) is 0 Å². The van der Waals surface area contributed by atoms with Crippen molar-refractivity contribution in [2.45, 2.75) is 30.9 Å². The number of thioether (sulfide) groups is 1. The summed E-state index contributed by atoms with van der Waals surface area (Å²) in [4.78, 5) is 18.5. The average Bonchev–Trinajstić information content (AvgIpc) is 3.31. The molecule has 7 nitrogen and oxygen atoms in total. The molecule has 0 bridgehead atoms. The third kappa shape index (κ3) is 4.80. The Morgan fingerprint density at radius 1 is 1.30 bits per heavy atom. The summed E-state index contributed by atoms with van der Waals surface area (Å²) in [6, 6.07) is 3.66. The van der Waals surface area contributed by atoms with Crippen LogP contribution in [0.3, 0.4) is 0 Å². The van der Waals surface area contributed by atoms with Gasteiger partial charge in [-0.1, -0.05) is 11.8 Å². The molecule has 1 unspecified atom stereocenters. The fraction of sp³-hybridized carbons (Fsp3) is 0.556. The maximum Gasteiger partial charge on any atom is 0.276 e. The number of hydrogen-bond acceptors (Lipinski definition) is 7. The Bertz CT molecular complexity index is 751. The SMILES string of the molecule is Cl.O=C(CCSc1nnc(-c2ccncc2)o1)N1CCC2(CCCNC2)C1. The highest BCUT2D eigenvalue weighted by atomic mass is 35.5. The van der Waals surface area contributed by atoms with Crippen molar-refractivity contribution >= 4 is 30.1 Å². The normalized spacial score (nSPS) is 22.0. The largest absolute Gasteiger partial charge is 0.411 e. The molecule has 146 valence electrons. The summed E-state index contributed by atoms with van der Waals surface area (Å²) in [5.74, 6) is 1.36. The van der Waals surface area contributed by atoms with E-state index in [4.69, 9.17) is 4.42 Å². The standard InChI is InChI=1S/C18H23N5O2S.ClH/c24-15(23-10-6-18(13-23)5-1-7-20-12-18)4-11-26-17-22-21-16(25-17)14-2-8-19-9-3-14;/h2-3,8-9,20H,1,4-7,10-13H2;1H. The van der Waals surface area contributed by atoms with Gasteiger partial charge in [-0.25, -0.2) is 0 Å². The molecule has 27 heavy (non-hydrogen) atoms. The fourth-order valence-corrected chi connectivity index (χ4v) is 4.48. The van der Waals surface area contributed by atoms with Gasteiger partial charge in [0.05, 0.1) is 0 Å². The predicted molar refractivity (Wildman–Crippen MR) is 106 cm³/mol. The number of pyridine rings is 1. The highest BCUT2D eigenvalue weighted by Gasteiger charge is 2.40. The number of nitrogens with zero attached hydrogens (tertiary/aromatic N) is 4. The van der Waals surface area contributed by atoms with Crippen molar-refractivity contribution in [2.75, 3.05) is 31.9 Å². The quantitative estimate of drug-likeness (QED) is 0.760. The maximum absolute atomic E-state index is 12.5. The van der Waals surface area contributed by atoms with Crippen molar-refractivity contribution in [1.82, 2.24) is 25.4 Å². The van der Waals surface area contributed by atoms with Crippen LogP contribution in [0, 0.1) is 5.41 Å². The lowest BCUT2D eigenvalue weighted by molar-refractivity contribution is -0.130. The molecule has 0 radical (unpaired) electrons. The molecule has 1 atom stereocenters. The van der Waals surface area contributed by atoms with Crippen LogP contribution in [0.15, 0.2) is 34.2 Å². The lowest BCUT2D eigenvalue weighted by Crippen LogP contribution is -2.42. The summed E-state index contributed by atoms with van der Waals surface area (Å²) in [6.07, 6.45) is 7.46. The van der Waals surface area contributed by atoms with E-state index in [0.29, 0.717) is 28.7 Å². The Morgan fingerprint density at radius 2 is 2.15 bits per heavy atom. The van der Waals surface area contributed by atoms with E-state index in [2.05, 4.69) is 20.5 Å². The van der Waals surface area contributed by atoms with Crippen molar-refractivity contribution in [2.24, 2.45) is 5.41 Å². The van der Waals surface area contributed by atoms with E-state index in [0.717, 1.165) is 38.2 Å². The topological polar surface area (TPSA) is 84.1 Å². The lowest BCUT2D eigenvalue weighted by atomic mass is 9.80. The van der Waals surface area contributed by atoms with Gasteiger partial charge in [0.2, 0.25) is 11.8 Å². The fourth-order valence-electron chi connectivity index (χ4n) is 3.79. The molecule has 0 aromatic carbocycles. The van der Waals surface area contributed by atoms with E-state index in [1.54, 1.807) is 12.4 Å². The third-order valence-electron chi connectivity index (χ3n) is 5.23. The zero-order valence-electron chi connectivity index (χ0n) is 15.1. The lowest BCUT2D eigenvalue weighted by Gasteiger charge is -2.33. The highest BCUT2D eigenvalue weighted by molar-refractivity contribution is 7.99. The number of rotatable bonds is 5. The van der Waals surface area contributed by atoms with Gasteiger partial charge in [0.1, 0.15) is 0 Å². The van der Waals surface area contributed by atoms with Crippen LogP contribution in [-0.2, 0) is 4.79 Å². The molecular weight excluding hydrogens is 386 g/mol. The molecule has 4 heterocycles. The van der Waals surface area contributed by atoms with Gasteiger partial charge in [-0.2, -0.15) is 0 Å². The smallest absolute Gasteiger partial charge is 0.276 e. The van der Waals surface area contributed by atoms with E-state index >= 15 is 0 Å². The van der Waals surface area contributed by atoms with Gasteiger partial charge in [-0.3, -0.25) is 9.78 Å². The van der Waals surface area contributed by atoms with Crippen molar-refractivity contribution < 1.29 is 9.21 Å². The van der Waals surface area contributed by atoms with E-state index in [1.807, 2.05) is 17.0 Å². The minimum atomic E-state index is 0. The van der Waals surface area contributed by atoms with Crippen LogP contribution in [-0.4, -0.2) is 57.9 Å². The molecule has 2 aromatic heterocycles. The molecule has 1 spiro atoms. The molecule has 2 aliphatic heterocycles. The van der Waals surface area contributed by atoms with E-state index in [9.17, 15) is 4.79 Å². The first kappa shape index (κ1) is 20.1. The van der Waals surface area contributed by atoms with Crippen LogP contribution in [0.5, 0.6) is 0 Å². The molecule has 0 aliphatic carbocycles. The van der Waals surface area contributed by atoms with Gasteiger partial charge in [0, 0.05) is 55.2 Å². The molecule has 1 amide bonds. The molecule has 2 aliphatic rings. The molecule has 0 saturated carbocycles. The predicted octanol–water partition coefficient (Wildman–Crippen LogP) is 2.64. The second-order valence-corrected chi connectivity index (χ2v) is 8.10. The van der Waals surface area contributed by atoms with E-state index < -0.39 is 0 Å². The Balaban J connectivity index is 0.00000210. The molecule has 2 aromatic rings. The summed E-state index contributed by atoms with van der Waals surface area (Å²) < 4.78 is 5.65. The number of aromatic nitrogens is 3. The van der Waals surface area contributed by atoms with Crippen molar-refractivity contribution in [3.05, 3.63) is 24.5 Å². The van der Waals surface area contributed by atoms with E-state index in [1.165, 1.54) is 24.6 Å². The number of amides is 1. The minimum Gasteiger partial charge on any atom is -0.411 e. The zero-order chi connectivity index (χ0) is 17.8. The number of likely N-dealkylation sites (tertiary alicyclic amines) is 1. The number of carbonyl (C=O) groups is 1. The summed E-state index contributed by atoms with van der Waals surface area (Å²) in [5, 5.41) is 12.1. The Hall–Kier alpha value is -1.64. The molecule has 1 N–H and O–H groups in total. The Labute approximate surface area is 169 Å². The van der Waals surface area contributed by atoms with Crippen LogP contribution in [0.1, 0.15) is 25.7 Å². The first-order valence-electron chi connectivity index (χ1n) is 9.09. The summed E-state index contributed by atoms with van der Waals surface area (Å²) in [7, 11) is 0. The second kappa shape index (κ2) is 9.03. The van der Waals surface area contributed by atoms with Crippen LogP contribution >= 0.6 is 24.2 Å². The average molecular weight is 410 g/mol. The number of hydrogen-bond donors (Lipinski definition) is 1. The van der Waals surface area contributed by atoms with Gasteiger partial charge >= 0.3 is 0 Å². The first-order chi connectivity index (χ1) is 12.7. The number of halogens is 1. The first-order valence-corrected chi connectivity index (χ1v) is 10.1. The molecule has 4 rings (SSSR count). The van der Waals surface area contributed by atoms with Gasteiger partial charge in [-0.15, -0.1) is 22.6 Å². The number of nitrogens with one attached hydrogen (secondary N) is 1. The molecule has 2 saturated heterocycles. The van der Waals surface area contributed by atoms with Crippen molar-refractivity contribution in [3.63, 3.8) is 0 Å². The van der Waals surface area contributed by atoms with Crippen LogP contribution < -0.4 is 5.32 Å². The van der Waals surface area contributed by atoms with Crippen LogP contribution in [0.25, 0.3) is 11.5 Å². The number of carbonyl (C=O) groups excluding carboxylic acids is 1. The Kier molecular flexibility index (Phi) is 6.73. The van der Waals surface area contributed by atoms with Gasteiger partial charge in [-0.05, 0) is 37.9 Å². The monoisotopic (exact) mass is 409 g/mol. The van der Waals surface area contributed by atoms with Crippen molar-refractivity contribution in [1.29, 1.82) is 0 Å². The van der Waals surface area contributed by atoms with Crippen LogP contribution in [0.4, 0.5) is 0 Å². The van der Waals surface area contributed by atoms with Gasteiger partial charge < -0.3 is 14.6 Å². The maximum atomic E-state index is 12.5. The molecular formula is C18H24ClN5O2S. The second-order valence-electron chi connectivity index (χ2n) is 7.05. The summed E-state index contributed by atoms with van der Waals surface area (Å²) in [5.41, 5.74) is 1.16.